The van der Waals surface area contributed by atoms with Gasteiger partial charge in [-0.25, -0.2) is 4.99 Å². The van der Waals surface area contributed by atoms with Gasteiger partial charge in [-0.3, -0.25) is 4.99 Å². The van der Waals surface area contributed by atoms with Gasteiger partial charge in [0, 0.05) is 49.8 Å². The Morgan fingerprint density at radius 2 is 1.17 bits per heavy atom. The van der Waals surface area contributed by atoms with Gasteiger partial charge in [-0.05, 0) is 84.3 Å². The number of aromatic nitrogens is 2. The molecule has 5 nitrogen and oxygen atoms in total. The van der Waals surface area contributed by atoms with Crippen LogP contribution in [0.4, 0.5) is 0 Å². The minimum atomic E-state index is -0.0450. The van der Waals surface area contributed by atoms with Crippen molar-refractivity contribution in [1.82, 2.24) is 9.13 Å². The van der Waals surface area contributed by atoms with Crippen LogP contribution in [0.25, 0.3) is 66.1 Å². The molecule has 0 saturated carbocycles. The summed E-state index contributed by atoms with van der Waals surface area (Å²) < 4.78 is 11.8. The summed E-state index contributed by atoms with van der Waals surface area (Å²) >= 11 is 0. The number of fused-ring (bicyclic) bond motifs is 10. The Morgan fingerprint density at radius 1 is 0.524 bits per heavy atom. The van der Waals surface area contributed by atoms with Crippen LogP contribution < -0.4 is 4.74 Å². The maximum atomic E-state index is 7.02. The van der Waals surface area contributed by atoms with Crippen molar-refractivity contribution in [2.75, 3.05) is 0 Å². The molecule has 0 radical (unpaired) electrons. The van der Waals surface area contributed by atoms with E-state index in [4.69, 9.17) is 14.7 Å². The lowest BCUT2D eigenvalue weighted by molar-refractivity contribution is 0.426. The molecule has 0 amide bonds. The fourth-order valence-corrected chi connectivity index (χ4v) is 10.3. The van der Waals surface area contributed by atoms with Gasteiger partial charge in [0.05, 0.1) is 45.4 Å². The summed E-state index contributed by atoms with van der Waals surface area (Å²) in [5.74, 6) is 2.72. The van der Waals surface area contributed by atoms with Crippen molar-refractivity contribution >= 4 is 60.9 Å². The highest BCUT2D eigenvalue weighted by Gasteiger charge is 2.37. The van der Waals surface area contributed by atoms with Crippen LogP contribution >= 0.6 is 0 Å². The topological polar surface area (TPSA) is 43.8 Å². The third-order valence-corrected chi connectivity index (χ3v) is 13.2. The van der Waals surface area contributed by atoms with Gasteiger partial charge in [0.1, 0.15) is 11.5 Å². The number of nitrogens with zero attached hydrogens (tertiary/aromatic N) is 4. The van der Waals surface area contributed by atoms with Crippen molar-refractivity contribution in [2.45, 2.75) is 18.4 Å². The Hall–Kier alpha value is -8.02. The van der Waals surface area contributed by atoms with E-state index in [1.807, 2.05) is 6.07 Å². The van der Waals surface area contributed by atoms with Gasteiger partial charge in [0.2, 0.25) is 0 Å². The average Bonchev–Trinajstić information content (AvgIpc) is 4.00. The van der Waals surface area contributed by atoms with Crippen LogP contribution in [0.15, 0.2) is 228 Å². The minimum Gasteiger partial charge on any atom is -0.459 e. The number of amidine groups is 1. The highest BCUT2D eigenvalue weighted by Crippen LogP contribution is 2.50. The van der Waals surface area contributed by atoms with Gasteiger partial charge in [-0.15, -0.1) is 0 Å². The monoisotopic (exact) mass is 808 g/mol. The summed E-state index contributed by atoms with van der Waals surface area (Å²) in [5, 5.41) is 4.91. The molecule has 298 valence electrons. The smallest absolute Gasteiger partial charge is 0.156 e. The van der Waals surface area contributed by atoms with Crippen LogP contribution in [0, 0.1) is 5.92 Å². The summed E-state index contributed by atoms with van der Waals surface area (Å²) in [5.41, 5.74) is 13.4. The van der Waals surface area contributed by atoms with E-state index in [1.165, 1.54) is 43.7 Å². The van der Waals surface area contributed by atoms with Crippen molar-refractivity contribution in [3.05, 3.63) is 235 Å². The van der Waals surface area contributed by atoms with Crippen molar-refractivity contribution in [3.8, 4) is 22.6 Å². The van der Waals surface area contributed by atoms with Crippen molar-refractivity contribution in [1.29, 1.82) is 0 Å². The molecule has 2 aliphatic heterocycles. The molecular formula is C58H40N4O. The molecule has 0 saturated heterocycles. The van der Waals surface area contributed by atoms with E-state index < -0.39 is 0 Å². The SMILES string of the molecule is C1=CC2/C=C/C(c3ccccc3)=N\C(c3cccc4c3C3CC=CC(n5c6ccccc6c6cc(-c7ccc8c(c7)c7ccccc7n8-c7ccccc7)ccc65)=C3O4)=N/C2C=C1. The van der Waals surface area contributed by atoms with Crippen LogP contribution in [0.1, 0.15) is 29.0 Å². The first-order valence-electron chi connectivity index (χ1n) is 21.8. The fraction of sp³-hybridized carbons (Fsp3) is 0.0690. The molecule has 2 aliphatic carbocycles. The highest BCUT2D eigenvalue weighted by atomic mass is 16.5. The highest BCUT2D eigenvalue weighted by molar-refractivity contribution is 6.18. The van der Waals surface area contributed by atoms with Crippen LogP contribution in [-0.2, 0) is 0 Å². The number of allylic oxidation sites excluding steroid dienone is 7. The molecule has 2 aromatic heterocycles. The van der Waals surface area contributed by atoms with E-state index in [2.05, 4.69) is 215 Å². The number of ether oxygens (including phenoxy) is 1. The molecule has 5 heteroatoms. The molecule has 7 aromatic carbocycles. The molecule has 9 aromatic rings. The maximum absolute atomic E-state index is 7.02. The summed E-state index contributed by atoms with van der Waals surface area (Å²) in [6.45, 7) is 0. The second-order valence-corrected chi connectivity index (χ2v) is 16.8. The third kappa shape index (κ3) is 5.70. The molecule has 4 heterocycles. The molecule has 3 atom stereocenters. The Kier molecular flexibility index (Phi) is 8.10. The summed E-state index contributed by atoms with van der Waals surface area (Å²) in [6, 6.07) is 58.7. The average molecular weight is 809 g/mol. The van der Waals surface area contributed by atoms with E-state index >= 15 is 0 Å². The summed E-state index contributed by atoms with van der Waals surface area (Å²) in [7, 11) is 0. The second-order valence-electron chi connectivity index (χ2n) is 16.8. The Labute approximate surface area is 364 Å². The molecule has 3 unspecified atom stereocenters. The zero-order valence-corrected chi connectivity index (χ0v) is 34.3. The van der Waals surface area contributed by atoms with Crippen LogP contribution in [0.5, 0.6) is 5.75 Å². The Bertz CT molecular complexity index is 3570. The van der Waals surface area contributed by atoms with Gasteiger partial charge in [0.25, 0.3) is 0 Å². The first-order chi connectivity index (χ1) is 31.2. The van der Waals surface area contributed by atoms with Crippen molar-refractivity contribution in [2.24, 2.45) is 15.9 Å². The minimum absolute atomic E-state index is 0.00748. The predicted molar refractivity (Wildman–Crippen MR) is 260 cm³/mol. The molecule has 13 rings (SSSR count). The largest absolute Gasteiger partial charge is 0.459 e. The van der Waals surface area contributed by atoms with E-state index in [1.54, 1.807) is 0 Å². The molecule has 4 aliphatic rings. The lowest BCUT2D eigenvalue weighted by Gasteiger charge is -2.23. The van der Waals surface area contributed by atoms with Gasteiger partial charge in [-0.2, -0.15) is 0 Å². The Morgan fingerprint density at radius 3 is 1.94 bits per heavy atom. The van der Waals surface area contributed by atoms with E-state index in [9.17, 15) is 0 Å². The van der Waals surface area contributed by atoms with Gasteiger partial charge >= 0.3 is 0 Å². The number of rotatable bonds is 5. The summed E-state index contributed by atoms with van der Waals surface area (Å²) in [6.07, 6.45) is 18.4. The van der Waals surface area contributed by atoms with Crippen molar-refractivity contribution < 1.29 is 4.74 Å². The van der Waals surface area contributed by atoms with Gasteiger partial charge in [-0.1, -0.05) is 146 Å². The normalized spacial score (nSPS) is 21.0. The lowest BCUT2D eigenvalue weighted by atomic mass is 9.87. The first-order valence-corrected chi connectivity index (χ1v) is 21.8. The predicted octanol–water partition coefficient (Wildman–Crippen LogP) is 13.8. The number of benzene rings is 7. The Balaban J connectivity index is 0.938. The number of hydrogen-bond donors (Lipinski definition) is 0. The second kappa shape index (κ2) is 14.3. The molecule has 0 N–H and O–H groups in total. The molecular weight excluding hydrogens is 769 g/mol. The van der Waals surface area contributed by atoms with Crippen LogP contribution in [0.3, 0.4) is 0 Å². The van der Waals surface area contributed by atoms with E-state index in [0.29, 0.717) is 0 Å². The molecule has 63 heavy (non-hydrogen) atoms. The number of para-hydroxylation sites is 3. The summed E-state index contributed by atoms with van der Waals surface area (Å²) in [4.78, 5) is 10.7. The van der Waals surface area contributed by atoms with E-state index in [0.717, 1.165) is 68.6 Å². The quantitative estimate of drug-likeness (QED) is 0.171. The van der Waals surface area contributed by atoms with Crippen molar-refractivity contribution in [3.63, 3.8) is 0 Å². The zero-order valence-electron chi connectivity index (χ0n) is 34.3. The number of hydrogen-bond acceptors (Lipinski definition) is 3. The molecule has 0 spiro atoms. The van der Waals surface area contributed by atoms with Gasteiger partial charge < -0.3 is 13.9 Å². The molecule has 0 fully saturated rings. The fourth-order valence-electron chi connectivity index (χ4n) is 10.3. The van der Waals surface area contributed by atoms with Crippen LogP contribution in [0.2, 0.25) is 0 Å². The van der Waals surface area contributed by atoms with Crippen LogP contribution in [-0.4, -0.2) is 26.7 Å². The van der Waals surface area contributed by atoms with E-state index in [-0.39, 0.29) is 17.9 Å². The third-order valence-electron chi connectivity index (χ3n) is 13.2. The lowest BCUT2D eigenvalue weighted by Crippen LogP contribution is -2.20. The van der Waals surface area contributed by atoms with Gasteiger partial charge in [0.15, 0.2) is 5.84 Å². The standard InChI is InChI=1S/C58H40N4O/c1-3-15-37(16-4-1)49-32-29-38-17-7-10-24-48(38)59-58(60-49)45-23-14-28-55-56(45)44-22-13-27-54(57(44)63-55)62-51-26-12-9-21-43(51)47-36-40(31-34-53(47)62)39-30-33-52-46(35-39)42-20-8-11-25-50(42)61(52)41-18-5-2-6-19-41/h1-21,23-36,38,44,48H,22H2/b32-29+,59-58-,60-49+. The zero-order chi connectivity index (χ0) is 41.4. The maximum Gasteiger partial charge on any atom is 0.156 e. The number of aliphatic imine (C=N–C) groups is 2. The first kappa shape index (κ1) is 35.7. The molecule has 0 bridgehead atoms.